The summed E-state index contributed by atoms with van der Waals surface area (Å²) in [5.41, 5.74) is 1.01. The van der Waals surface area contributed by atoms with E-state index in [4.69, 9.17) is 9.15 Å². The summed E-state index contributed by atoms with van der Waals surface area (Å²) >= 11 is 1.79. The Morgan fingerprint density at radius 3 is 2.10 bits per heavy atom. The van der Waals surface area contributed by atoms with E-state index in [0.717, 1.165) is 36.4 Å². The lowest BCUT2D eigenvalue weighted by Gasteiger charge is -2.08. The molecule has 0 radical (unpaired) electrons. The third-order valence-electron chi connectivity index (χ3n) is 5.63. The van der Waals surface area contributed by atoms with Gasteiger partial charge in [0.2, 0.25) is 0 Å². The first-order valence-corrected chi connectivity index (χ1v) is 11.3. The van der Waals surface area contributed by atoms with Gasteiger partial charge >= 0.3 is 0 Å². The zero-order valence-corrected chi connectivity index (χ0v) is 18.1. The molecule has 0 aliphatic carbocycles. The maximum atomic E-state index is 6.59. The Balaban J connectivity index is 1.80. The van der Waals surface area contributed by atoms with Gasteiger partial charge in [-0.2, -0.15) is 0 Å². The van der Waals surface area contributed by atoms with E-state index in [1.807, 2.05) is 12.1 Å². The molecular weight excluding hydrogens is 388 g/mol. The predicted molar refractivity (Wildman–Crippen MR) is 127 cm³/mol. The molecule has 0 saturated carbocycles. The highest BCUT2D eigenvalue weighted by Gasteiger charge is 2.20. The summed E-state index contributed by atoms with van der Waals surface area (Å²) in [6.45, 7) is 2.23. The fourth-order valence-corrected chi connectivity index (χ4v) is 5.19. The van der Waals surface area contributed by atoms with Crippen LogP contribution in [0.1, 0.15) is 25.5 Å². The first-order chi connectivity index (χ1) is 14.8. The Hall–Kier alpha value is -2.91. The quantitative estimate of drug-likeness (QED) is 0.262. The van der Waals surface area contributed by atoms with Crippen LogP contribution in [0.4, 0.5) is 0 Å². The molecule has 0 fully saturated rings. The number of hydrogen-bond acceptors (Lipinski definition) is 3. The van der Waals surface area contributed by atoms with Crippen LogP contribution < -0.4 is 4.74 Å². The Kier molecular flexibility index (Phi) is 5.14. The van der Waals surface area contributed by atoms with Gasteiger partial charge in [0.05, 0.1) is 12.0 Å². The molecule has 30 heavy (non-hydrogen) atoms. The molecule has 0 atom stereocenters. The topological polar surface area (TPSA) is 22.4 Å². The third-order valence-corrected chi connectivity index (χ3v) is 6.77. The van der Waals surface area contributed by atoms with Crippen molar-refractivity contribution in [1.82, 2.24) is 0 Å². The lowest BCUT2D eigenvalue weighted by atomic mass is 9.98. The average molecular weight is 413 g/mol. The van der Waals surface area contributed by atoms with Gasteiger partial charge in [-0.25, -0.2) is 0 Å². The van der Waals surface area contributed by atoms with E-state index in [9.17, 15) is 0 Å². The largest absolute Gasteiger partial charge is 0.497 e. The van der Waals surface area contributed by atoms with Gasteiger partial charge in [0, 0.05) is 22.1 Å². The zero-order valence-electron chi connectivity index (χ0n) is 17.3. The molecule has 0 N–H and O–H groups in total. The van der Waals surface area contributed by atoms with Crippen molar-refractivity contribution in [3.63, 3.8) is 0 Å². The molecule has 0 aliphatic rings. The van der Waals surface area contributed by atoms with E-state index < -0.39 is 0 Å². The summed E-state index contributed by atoms with van der Waals surface area (Å²) in [5, 5.41) is 6.20. The monoisotopic (exact) mass is 412 g/mol. The second-order valence-corrected chi connectivity index (χ2v) is 8.61. The maximum Gasteiger partial charge on any atom is 0.143 e. The molecular formula is C27H24O2S. The van der Waals surface area contributed by atoms with Crippen LogP contribution in [-0.4, -0.2) is 7.11 Å². The van der Waals surface area contributed by atoms with Crippen LogP contribution in [0.2, 0.25) is 0 Å². The highest BCUT2D eigenvalue weighted by Crippen LogP contribution is 2.45. The van der Waals surface area contributed by atoms with Crippen LogP contribution >= 0.6 is 11.8 Å². The highest BCUT2D eigenvalue weighted by atomic mass is 32.2. The van der Waals surface area contributed by atoms with Crippen molar-refractivity contribution in [1.29, 1.82) is 0 Å². The molecule has 0 spiro atoms. The summed E-state index contributed by atoms with van der Waals surface area (Å²) < 4.78 is 11.9. The van der Waals surface area contributed by atoms with E-state index in [0.29, 0.717) is 0 Å². The first-order valence-electron chi connectivity index (χ1n) is 10.5. The fraction of sp³-hybridized carbons (Fsp3) is 0.185. The molecule has 0 aliphatic heterocycles. The molecule has 0 amide bonds. The molecule has 5 aromatic rings. The minimum Gasteiger partial charge on any atom is -0.497 e. The molecule has 4 aromatic carbocycles. The van der Waals surface area contributed by atoms with E-state index in [1.54, 1.807) is 18.9 Å². The van der Waals surface area contributed by atoms with Crippen molar-refractivity contribution in [3.8, 4) is 5.75 Å². The van der Waals surface area contributed by atoms with Crippen LogP contribution in [0.3, 0.4) is 0 Å². The summed E-state index contributed by atoms with van der Waals surface area (Å²) in [4.78, 5) is 2.43. The number of unbranched alkanes of at least 4 members (excludes halogenated alkanes) is 1. The van der Waals surface area contributed by atoms with Crippen molar-refractivity contribution in [2.24, 2.45) is 0 Å². The van der Waals surface area contributed by atoms with Crippen molar-refractivity contribution in [2.45, 2.75) is 36.0 Å². The van der Waals surface area contributed by atoms with E-state index >= 15 is 0 Å². The van der Waals surface area contributed by atoms with Gasteiger partial charge in [-0.15, -0.1) is 0 Å². The fourth-order valence-electron chi connectivity index (χ4n) is 4.12. The average Bonchev–Trinajstić information content (AvgIpc) is 3.17. The molecule has 0 unspecified atom stereocenters. The Morgan fingerprint density at radius 2 is 1.43 bits per heavy atom. The van der Waals surface area contributed by atoms with Gasteiger partial charge in [0.15, 0.2) is 0 Å². The minimum atomic E-state index is 0.874. The van der Waals surface area contributed by atoms with Crippen LogP contribution in [0.15, 0.2) is 87.0 Å². The summed E-state index contributed by atoms with van der Waals surface area (Å²) in [6, 6.07) is 25.5. The number of aryl methyl sites for hydroxylation is 1. The standard InChI is InChI=1S/C27H24O2S/c1-3-4-13-24-27(30-19-16-14-18(28-2)15-17-19)25-22-11-7-5-9-20(22)21-10-6-8-12-23(21)26(25)29-24/h5-12,14-17H,3-4,13H2,1-2H3. The van der Waals surface area contributed by atoms with Gasteiger partial charge in [0.1, 0.15) is 17.1 Å². The van der Waals surface area contributed by atoms with Crippen molar-refractivity contribution in [2.75, 3.05) is 7.11 Å². The van der Waals surface area contributed by atoms with E-state index in [2.05, 4.69) is 67.6 Å². The molecule has 1 aromatic heterocycles. The summed E-state index contributed by atoms with van der Waals surface area (Å²) in [5.74, 6) is 1.97. The van der Waals surface area contributed by atoms with Crippen LogP contribution in [-0.2, 0) is 6.42 Å². The Morgan fingerprint density at radius 1 is 0.800 bits per heavy atom. The number of fused-ring (bicyclic) bond motifs is 6. The normalized spacial score (nSPS) is 11.5. The molecule has 0 bridgehead atoms. The maximum absolute atomic E-state index is 6.59. The zero-order chi connectivity index (χ0) is 20.5. The predicted octanol–water partition coefficient (Wildman–Crippen LogP) is 8.24. The number of benzene rings is 4. The summed E-state index contributed by atoms with van der Waals surface area (Å²) in [7, 11) is 1.70. The lowest BCUT2D eigenvalue weighted by Crippen LogP contribution is -1.86. The van der Waals surface area contributed by atoms with Gasteiger partial charge in [-0.3, -0.25) is 0 Å². The number of ether oxygens (including phenoxy) is 1. The van der Waals surface area contributed by atoms with E-state index in [-0.39, 0.29) is 0 Å². The molecule has 2 nitrogen and oxygen atoms in total. The van der Waals surface area contributed by atoms with Gasteiger partial charge in [-0.05, 0) is 46.8 Å². The first kappa shape index (κ1) is 19.1. The molecule has 150 valence electrons. The van der Waals surface area contributed by atoms with Crippen LogP contribution in [0.5, 0.6) is 5.75 Å². The second-order valence-electron chi connectivity index (χ2n) is 7.53. The van der Waals surface area contributed by atoms with Crippen molar-refractivity contribution < 1.29 is 9.15 Å². The number of furan rings is 1. The molecule has 0 saturated heterocycles. The van der Waals surface area contributed by atoms with Crippen LogP contribution in [0.25, 0.3) is 32.5 Å². The molecule has 1 heterocycles. The number of rotatable bonds is 6. The minimum absolute atomic E-state index is 0.874. The molecule has 5 rings (SSSR count). The number of hydrogen-bond donors (Lipinski definition) is 0. The molecule has 3 heteroatoms. The van der Waals surface area contributed by atoms with Crippen molar-refractivity contribution >= 4 is 44.3 Å². The van der Waals surface area contributed by atoms with Gasteiger partial charge in [-0.1, -0.05) is 73.6 Å². The van der Waals surface area contributed by atoms with Gasteiger partial charge in [0.25, 0.3) is 0 Å². The number of methoxy groups -OCH3 is 1. The Labute approximate surface area is 180 Å². The van der Waals surface area contributed by atoms with E-state index in [1.165, 1.54) is 36.7 Å². The second kappa shape index (κ2) is 8.08. The van der Waals surface area contributed by atoms with Gasteiger partial charge < -0.3 is 9.15 Å². The highest BCUT2D eigenvalue weighted by molar-refractivity contribution is 7.99. The van der Waals surface area contributed by atoms with Crippen molar-refractivity contribution in [3.05, 3.63) is 78.6 Å². The SMILES string of the molecule is CCCCc1oc2c3ccccc3c3ccccc3c2c1Sc1ccc(OC)cc1. The van der Waals surface area contributed by atoms with Crippen LogP contribution in [0, 0.1) is 0 Å². The lowest BCUT2D eigenvalue weighted by molar-refractivity contribution is 0.414. The smallest absolute Gasteiger partial charge is 0.143 e. The summed E-state index contributed by atoms with van der Waals surface area (Å²) in [6.07, 6.45) is 3.21. The Bertz CT molecular complexity index is 1330. The third kappa shape index (κ3) is 3.23.